The van der Waals surface area contributed by atoms with Gasteiger partial charge in [-0.3, -0.25) is 4.79 Å². The summed E-state index contributed by atoms with van der Waals surface area (Å²) in [6.07, 6.45) is 5.90. The monoisotopic (exact) mass is 242 g/mol. The van der Waals surface area contributed by atoms with Gasteiger partial charge in [0, 0.05) is 32.2 Å². The molecule has 1 rings (SSSR count). The average molecular weight is 242 g/mol. The summed E-state index contributed by atoms with van der Waals surface area (Å²) in [5.41, 5.74) is 5.85. The number of carbonyl (C=O) groups is 1. The van der Waals surface area contributed by atoms with Crippen molar-refractivity contribution in [2.24, 2.45) is 11.7 Å². The summed E-state index contributed by atoms with van der Waals surface area (Å²) in [6.45, 7) is 4.19. The average Bonchev–Trinajstić information content (AvgIpc) is 2.34. The molecule has 1 saturated carbocycles. The van der Waals surface area contributed by atoms with Gasteiger partial charge in [-0.05, 0) is 44.9 Å². The minimum atomic E-state index is 0.152. The molecule has 1 amide bonds. The minimum absolute atomic E-state index is 0.152. The van der Waals surface area contributed by atoms with Gasteiger partial charge in [-0.1, -0.05) is 0 Å². The first-order chi connectivity index (χ1) is 8.22. The van der Waals surface area contributed by atoms with Gasteiger partial charge in [0.1, 0.15) is 0 Å². The fraction of sp³-hybridized carbons (Fsp3) is 0.923. The van der Waals surface area contributed by atoms with Crippen LogP contribution in [0.25, 0.3) is 0 Å². The standard InChI is InChI=1S/C13H26N2O2/c1-2-17-9-3-4-13(16)15-10-11-5-7-12(14)8-6-11/h11-12H,2-10,14H2,1H3,(H,15,16). The van der Waals surface area contributed by atoms with E-state index in [1.54, 1.807) is 0 Å². The predicted octanol–water partition coefficient (Wildman–Crippen LogP) is 1.44. The second-order valence-electron chi connectivity index (χ2n) is 4.89. The van der Waals surface area contributed by atoms with Crippen molar-refractivity contribution < 1.29 is 9.53 Å². The first-order valence-electron chi connectivity index (χ1n) is 6.82. The topological polar surface area (TPSA) is 64.3 Å². The van der Waals surface area contributed by atoms with E-state index < -0.39 is 0 Å². The largest absolute Gasteiger partial charge is 0.382 e. The van der Waals surface area contributed by atoms with E-state index in [2.05, 4.69) is 5.32 Å². The Hall–Kier alpha value is -0.610. The lowest BCUT2D eigenvalue weighted by Crippen LogP contribution is -2.34. The van der Waals surface area contributed by atoms with Crippen molar-refractivity contribution >= 4 is 5.91 Å². The Morgan fingerprint density at radius 2 is 2.06 bits per heavy atom. The van der Waals surface area contributed by atoms with Crippen LogP contribution >= 0.6 is 0 Å². The predicted molar refractivity (Wildman–Crippen MR) is 68.7 cm³/mol. The molecule has 0 spiro atoms. The zero-order valence-corrected chi connectivity index (χ0v) is 10.9. The highest BCUT2D eigenvalue weighted by molar-refractivity contribution is 5.75. The van der Waals surface area contributed by atoms with Gasteiger partial charge in [0.15, 0.2) is 0 Å². The molecule has 1 aliphatic carbocycles. The van der Waals surface area contributed by atoms with E-state index in [4.69, 9.17) is 10.5 Å². The van der Waals surface area contributed by atoms with E-state index in [0.717, 1.165) is 45.3 Å². The molecule has 0 aromatic rings. The number of rotatable bonds is 7. The zero-order chi connectivity index (χ0) is 12.5. The molecule has 4 nitrogen and oxygen atoms in total. The third-order valence-corrected chi connectivity index (χ3v) is 3.38. The van der Waals surface area contributed by atoms with Crippen LogP contribution in [-0.2, 0) is 9.53 Å². The lowest BCUT2D eigenvalue weighted by Gasteiger charge is -2.26. The molecule has 0 heterocycles. The van der Waals surface area contributed by atoms with Gasteiger partial charge in [-0.15, -0.1) is 0 Å². The van der Waals surface area contributed by atoms with E-state index >= 15 is 0 Å². The summed E-state index contributed by atoms with van der Waals surface area (Å²) >= 11 is 0. The summed E-state index contributed by atoms with van der Waals surface area (Å²) in [4.78, 5) is 11.5. The number of hydrogen-bond acceptors (Lipinski definition) is 3. The van der Waals surface area contributed by atoms with E-state index in [1.807, 2.05) is 6.92 Å². The SMILES string of the molecule is CCOCCCC(=O)NCC1CCC(N)CC1. The maximum Gasteiger partial charge on any atom is 0.220 e. The highest BCUT2D eigenvalue weighted by Gasteiger charge is 2.18. The molecule has 4 heteroatoms. The third-order valence-electron chi connectivity index (χ3n) is 3.38. The van der Waals surface area contributed by atoms with Crippen LogP contribution in [0.2, 0.25) is 0 Å². The molecule has 17 heavy (non-hydrogen) atoms. The highest BCUT2D eigenvalue weighted by atomic mass is 16.5. The number of amides is 1. The number of ether oxygens (including phenoxy) is 1. The second-order valence-corrected chi connectivity index (χ2v) is 4.89. The molecule has 0 unspecified atom stereocenters. The van der Waals surface area contributed by atoms with Gasteiger partial charge in [-0.2, -0.15) is 0 Å². The number of hydrogen-bond donors (Lipinski definition) is 2. The summed E-state index contributed by atoms with van der Waals surface area (Å²) in [6, 6.07) is 0.383. The second kappa shape index (κ2) is 8.48. The van der Waals surface area contributed by atoms with Gasteiger partial charge in [0.25, 0.3) is 0 Å². The van der Waals surface area contributed by atoms with Gasteiger partial charge in [0.05, 0.1) is 0 Å². The quantitative estimate of drug-likeness (QED) is 0.664. The maximum absolute atomic E-state index is 11.5. The lowest BCUT2D eigenvalue weighted by atomic mass is 9.86. The molecule has 0 atom stereocenters. The van der Waals surface area contributed by atoms with Crippen molar-refractivity contribution in [3.63, 3.8) is 0 Å². The fourth-order valence-corrected chi connectivity index (χ4v) is 2.22. The lowest BCUT2D eigenvalue weighted by molar-refractivity contribution is -0.121. The van der Waals surface area contributed by atoms with E-state index in [9.17, 15) is 4.79 Å². The Morgan fingerprint density at radius 3 is 2.71 bits per heavy atom. The number of nitrogens with two attached hydrogens (primary N) is 1. The van der Waals surface area contributed by atoms with Crippen LogP contribution in [0, 0.1) is 5.92 Å². The molecule has 0 aromatic carbocycles. The van der Waals surface area contributed by atoms with Crippen LogP contribution < -0.4 is 11.1 Å². The first kappa shape index (κ1) is 14.5. The highest BCUT2D eigenvalue weighted by Crippen LogP contribution is 2.22. The van der Waals surface area contributed by atoms with E-state index in [-0.39, 0.29) is 5.91 Å². The fourth-order valence-electron chi connectivity index (χ4n) is 2.22. The summed E-state index contributed by atoms with van der Waals surface area (Å²) in [5.74, 6) is 0.783. The van der Waals surface area contributed by atoms with Crippen LogP contribution in [-0.4, -0.2) is 31.7 Å². The number of nitrogens with one attached hydrogen (secondary N) is 1. The van der Waals surface area contributed by atoms with Crippen molar-refractivity contribution in [1.29, 1.82) is 0 Å². The summed E-state index contributed by atoms with van der Waals surface area (Å²) < 4.78 is 5.20. The van der Waals surface area contributed by atoms with E-state index in [0.29, 0.717) is 25.0 Å². The van der Waals surface area contributed by atoms with E-state index in [1.165, 1.54) is 0 Å². The molecule has 0 saturated heterocycles. The third kappa shape index (κ3) is 6.64. The minimum Gasteiger partial charge on any atom is -0.382 e. The van der Waals surface area contributed by atoms with Crippen LogP contribution in [0.15, 0.2) is 0 Å². The van der Waals surface area contributed by atoms with Gasteiger partial charge in [-0.25, -0.2) is 0 Å². The smallest absolute Gasteiger partial charge is 0.220 e. The normalized spacial score (nSPS) is 24.6. The molecule has 0 radical (unpaired) electrons. The van der Waals surface area contributed by atoms with Crippen molar-refractivity contribution in [2.75, 3.05) is 19.8 Å². The van der Waals surface area contributed by atoms with Crippen molar-refractivity contribution in [3.8, 4) is 0 Å². The summed E-state index contributed by atoms with van der Waals surface area (Å²) in [5, 5.41) is 3.01. The van der Waals surface area contributed by atoms with Crippen molar-refractivity contribution in [1.82, 2.24) is 5.32 Å². The van der Waals surface area contributed by atoms with Crippen LogP contribution in [0.4, 0.5) is 0 Å². The molecule has 1 aliphatic rings. The molecule has 100 valence electrons. The van der Waals surface area contributed by atoms with Crippen LogP contribution in [0.1, 0.15) is 45.4 Å². The van der Waals surface area contributed by atoms with Gasteiger partial charge >= 0.3 is 0 Å². The maximum atomic E-state index is 11.5. The molecule has 1 fully saturated rings. The molecule has 0 aromatic heterocycles. The van der Waals surface area contributed by atoms with Crippen LogP contribution in [0.3, 0.4) is 0 Å². The Morgan fingerprint density at radius 1 is 1.35 bits per heavy atom. The summed E-state index contributed by atoms with van der Waals surface area (Å²) in [7, 11) is 0. The molecule has 0 aliphatic heterocycles. The molecule has 3 N–H and O–H groups in total. The number of carbonyl (C=O) groups excluding carboxylic acids is 1. The van der Waals surface area contributed by atoms with Crippen LogP contribution in [0.5, 0.6) is 0 Å². The zero-order valence-electron chi connectivity index (χ0n) is 10.9. The molecular weight excluding hydrogens is 216 g/mol. The first-order valence-corrected chi connectivity index (χ1v) is 6.82. The molecular formula is C13H26N2O2. The Balaban J connectivity index is 1.99. The van der Waals surface area contributed by atoms with Crippen molar-refractivity contribution in [3.05, 3.63) is 0 Å². The molecule has 0 bridgehead atoms. The van der Waals surface area contributed by atoms with Gasteiger partial charge in [0.2, 0.25) is 5.91 Å². The Labute approximate surface area is 104 Å². The van der Waals surface area contributed by atoms with Gasteiger partial charge < -0.3 is 15.8 Å². The Bertz CT molecular complexity index is 213. The Kier molecular flexibility index (Phi) is 7.21. The van der Waals surface area contributed by atoms with Crippen molar-refractivity contribution in [2.45, 2.75) is 51.5 Å².